The molecule has 0 aliphatic heterocycles. The average molecular weight is 656 g/mol. The lowest BCUT2D eigenvalue weighted by Gasteiger charge is -2.25. The Morgan fingerprint density at radius 2 is 0.981 bits per heavy atom. The Hall–Kier alpha value is -5.86. The first-order valence-corrected chi connectivity index (χ1v) is 17.4. The monoisotopic (exact) mass is 656 g/mol. The summed E-state index contributed by atoms with van der Waals surface area (Å²) in [6, 6.07) is 45.0. The van der Waals surface area contributed by atoms with E-state index in [1.54, 1.807) is 0 Å². The fourth-order valence-corrected chi connectivity index (χ4v) is 8.24. The first-order chi connectivity index (χ1) is 25.8. The fraction of sp³-hybridized carbons (Fsp3) is 0. The van der Waals surface area contributed by atoms with Gasteiger partial charge in [0, 0.05) is 11.3 Å². The molecule has 0 spiro atoms. The Morgan fingerprint density at radius 3 is 1.68 bits per heavy atom. The van der Waals surface area contributed by atoms with Gasteiger partial charge in [-0.25, -0.2) is 4.98 Å². The quantitative estimate of drug-likeness (QED) is 0.196. The highest BCUT2D eigenvalue weighted by molar-refractivity contribution is 6.63. The Balaban J connectivity index is 1.24. The van der Waals surface area contributed by atoms with Crippen LogP contribution in [0.25, 0.3) is 93.5 Å². The smallest absolute Gasteiger partial charge is 0.144 e. The first kappa shape index (κ1) is 31.8. The maximum atomic E-state index is 7.04. The van der Waals surface area contributed by atoms with Crippen LogP contribution < -0.4 is 32.8 Å². The summed E-state index contributed by atoms with van der Waals surface area (Å²) in [7, 11) is 41.8. The van der Waals surface area contributed by atoms with E-state index in [2.05, 4.69) is 66.7 Å². The summed E-state index contributed by atoms with van der Waals surface area (Å²) in [4.78, 5) is 5.00. The second-order valence-corrected chi connectivity index (χ2v) is 13.7. The van der Waals surface area contributed by atoms with Crippen LogP contribution in [0.1, 0.15) is 0 Å². The van der Waals surface area contributed by atoms with Crippen LogP contribution in [0, 0.1) is 0 Å². The Kier molecular flexibility index (Phi) is 7.11. The van der Waals surface area contributed by atoms with Gasteiger partial charge in [0.2, 0.25) is 0 Å². The van der Waals surface area contributed by atoms with Crippen molar-refractivity contribution in [3.8, 4) is 39.3 Å². The van der Waals surface area contributed by atoms with Crippen molar-refractivity contribution in [3.63, 3.8) is 0 Å². The van der Waals surface area contributed by atoms with Gasteiger partial charge in [0.15, 0.2) is 0 Å². The van der Waals surface area contributed by atoms with Gasteiger partial charge in [0.1, 0.15) is 52.9 Å². The van der Waals surface area contributed by atoms with Crippen LogP contribution in [0.4, 0.5) is 0 Å². The molecule has 230 valence electrons. The van der Waals surface area contributed by atoms with Gasteiger partial charge < -0.3 is 0 Å². The van der Waals surface area contributed by atoms with Crippen LogP contribution >= 0.6 is 0 Å². The van der Waals surface area contributed by atoms with Gasteiger partial charge in [-0.3, -0.25) is 4.57 Å². The minimum absolute atomic E-state index is 0.284. The molecule has 2 nitrogen and oxygen atoms in total. The summed E-state index contributed by atoms with van der Waals surface area (Å²) < 4.78 is 2.03. The summed E-state index contributed by atoms with van der Waals surface area (Å²) in [6.07, 6.45) is 0. The molecule has 0 atom stereocenters. The molecule has 1 aromatic heterocycles. The Labute approximate surface area is 315 Å². The zero-order valence-electron chi connectivity index (χ0n) is 28.6. The number of hydrogen-bond acceptors (Lipinski definition) is 1. The summed E-state index contributed by atoms with van der Waals surface area (Å²) >= 11 is 0. The molecule has 0 fully saturated rings. The number of imidazole rings is 1. The summed E-state index contributed by atoms with van der Waals surface area (Å²) in [5, 5.41) is 8.13. The third-order valence-corrected chi connectivity index (χ3v) is 10.7. The van der Waals surface area contributed by atoms with Crippen molar-refractivity contribution in [1.82, 2.24) is 9.55 Å². The van der Waals surface area contributed by atoms with E-state index in [1.807, 2.05) is 71.3 Å². The van der Waals surface area contributed by atoms with Gasteiger partial charge >= 0.3 is 0 Å². The SMILES string of the molecule is [B]c1c([B])c(-c2nc3ccccc3n2-c2ccccc2)c([B])c([B])c1-c1cc([B])c2ccc3c(-c4ccc5ccccc5c4)cc([B])c4ccc1c2c43. The number of rotatable bonds is 4. The van der Waals surface area contributed by atoms with Crippen LogP contribution in [-0.2, 0) is 0 Å². The molecule has 0 aliphatic rings. The van der Waals surface area contributed by atoms with E-state index >= 15 is 0 Å². The third kappa shape index (κ3) is 4.64. The highest BCUT2D eigenvalue weighted by Crippen LogP contribution is 2.41. The molecule has 0 saturated heterocycles. The number of fused-ring (bicyclic) bond motifs is 2. The van der Waals surface area contributed by atoms with E-state index in [4.69, 9.17) is 52.1 Å². The van der Waals surface area contributed by atoms with Gasteiger partial charge in [-0.1, -0.05) is 136 Å². The largest absolute Gasteiger partial charge is 0.292 e. The molecule has 53 heavy (non-hydrogen) atoms. The normalized spacial score (nSPS) is 11.8. The molecule has 12 radical (unpaired) electrons. The lowest BCUT2D eigenvalue weighted by Crippen LogP contribution is -2.45. The zero-order chi connectivity index (χ0) is 36.1. The summed E-state index contributed by atoms with van der Waals surface area (Å²) in [6.45, 7) is 0. The van der Waals surface area contributed by atoms with Crippen LogP contribution in [0.5, 0.6) is 0 Å². The van der Waals surface area contributed by atoms with E-state index in [0.29, 0.717) is 38.8 Å². The predicted octanol–water partition coefficient (Wildman–Crippen LogP) is 4.84. The molecule has 9 aromatic carbocycles. The molecule has 10 rings (SSSR count). The highest BCUT2D eigenvalue weighted by atomic mass is 15.1. The topological polar surface area (TPSA) is 17.8 Å². The maximum absolute atomic E-state index is 7.04. The van der Waals surface area contributed by atoms with Crippen LogP contribution in [0.3, 0.4) is 0 Å². The number of para-hydroxylation sites is 3. The van der Waals surface area contributed by atoms with E-state index in [1.165, 1.54) is 5.39 Å². The molecule has 0 aliphatic carbocycles. The summed E-state index contributed by atoms with van der Waals surface area (Å²) in [5.41, 5.74) is 8.84. The predicted molar refractivity (Wildman–Crippen MR) is 231 cm³/mol. The average Bonchev–Trinajstić information content (AvgIpc) is 3.57. The Morgan fingerprint density at radius 1 is 0.434 bits per heavy atom. The molecule has 0 amide bonds. The number of nitrogens with zero attached hydrogens (tertiary/aromatic N) is 2. The van der Waals surface area contributed by atoms with Crippen molar-refractivity contribution >= 4 is 134 Å². The van der Waals surface area contributed by atoms with E-state index in [9.17, 15) is 0 Å². The van der Waals surface area contributed by atoms with Gasteiger partial charge in [-0.05, 0) is 95.7 Å². The van der Waals surface area contributed by atoms with E-state index in [0.717, 1.165) is 71.1 Å². The number of hydrogen-bond donors (Lipinski definition) is 0. The fourth-order valence-electron chi connectivity index (χ4n) is 8.24. The van der Waals surface area contributed by atoms with E-state index in [-0.39, 0.29) is 10.9 Å². The van der Waals surface area contributed by atoms with Gasteiger partial charge in [-0.2, -0.15) is 0 Å². The van der Waals surface area contributed by atoms with Crippen molar-refractivity contribution in [1.29, 1.82) is 0 Å². The second-order valence-electron chi connectivity index (χ2n) is 13.7. The van der Waals surface area contributed by atoms with Crippen LogP contribution in [0.2, 0.25) is 0 Å². The van der Waals surface area contributed by atoms with Gasteiger partial charge in [0.05, 0.1) is 11.0 Å². The zero-order valence-corrected chi connectivity index (χ0v) is 28.6. The third-order valence-electron chi connectivity index (χ3n) is 10.7. The lowest BCUT2D eigenvalue weighted by molar-refractivity contribution is 1.11. The van der Waals surface area contributed by atoms with Gasteiger partial charge in [-0.15, -0.1) is 0 Å². The van der Waals surface area contributed by atoms with E-state index < -0.39 is 0 Å². The molecule has 0 N–H and O–H groups in total. The van der Waals surface area contributed by atoms with Crippen LogP contribution in [0.15, 0.2) is 133 Å². The standard InChI is InChI=1S/C45H22B6N2/c46-33-21-31(25-15-14-23-8-4-5-9-24(23)20-25)27-16-18-30-34(47)22-32(28-17-19-29(33)37(27)38(28)30)39-41(48)43(50)40(44(51)42(39)49)45-52-35-12-6-7-13-36(35)53(45)26-10-2-1-3-11-26/h1-22H. The Bertz CT molecular complexity index is 3100. The molecule has 10 aromatic rings. The lowest BCUT2D eigenvalue weighted by atomic mass is 9.62. The summed E-state index contributed by atoms with van der Waals surface area (Å²) in [5.74, 6) is 0.545. The highest BCUT2D eigenvalue weighted by Gasteiger charge is 2.24. The minimum Gasteiger partial charge on any atom is -0.292 e. The second kappa shape index (κ2) is 11.8. The number of benzene rings is 9. The molecule has 0 bridgehead atoms. The van der Waals surface area contributed by atoms with Crippen molar-refractivity contribution in [3.05, 3.63) is 133 Å². The van der Waals surface area contributed by atoms with Gasteiger partial charge in [0.25, 0.3) is 0 Å². The maximum Gasteiger partial charge on any atom is 0.144 e. The minimum atomic E-state index is 0.284. The first-order valence-electron chi connectivity index (χ1n) is 17.4. The van der Waals surface area contributed by atoms with Crippen molar-refractivity contribution in [2.45, 2.75) is 0 Å². The number of aromatic nitrogens is 2. The molecule has 0 unspecified atom stereocenters. The molecule has 1 heterocycles. The molecule has 8 heteroatoms. The van der Waals surface area contributed by atoms with Crippen LogP contribution in [-0.4, -0.2) is 56.6 Å². The molecule has 0 saturated carbocycles. The molecular formula is C45H22B6N2. The van der Waals surface area contributed by atoms with Crippen molar-refractivity contribution in [2.24, 2.45) is 0 Å². The van der Waals surface area contributed by atoms with Crippen molar-refractivity contribution in [2.75, 3.05) is 0 Å². The molecular weight excluding hydrogens is 633 g/mol. The van der Waals surface area contributed by atoms with Crippen molar-refractivity contribution < 1.29 is 0 Å².